The van der Waals surface area contributed by atoms with Gasteiger partial charge in [-0.05, 0) is 0 Å². The molecule has 0 fully saturated rings. The van der Waals surface area contributed by atoms with Gasteiger partial charge in [-0.2, -0.15) is 0 Å². The summed E-state index contributed by atoms with van der Waals surface area (Å²) in [5, 5.41) is 0. The van der Waals surface area contributed by atoms with Gasteiger partial charge in [-0.3, -0.25) is 0 Å². The van der Waals surface area contributed by atoms with Crippen molar-refractivity contribution in [2.75, 3.05) is 0 Å². The Morgan fingerprint density at radius 3 is 1.67 bits per heavy atom. The van der Waals surface area contributed by atoms with Crippen LogP contribution in [0.1, 0.15) is 0 Å². The van der Waals surface area contributed by atoms with Crippen molar-refractivity contribution in [3.05, 3.63) is 0 Å². The van der Waals surface area contributed by atoms with Crippen LogP contribution in [0.25, 0.3) is 0 Å². The lowest BCUT2D eigenvalue weighted by molar-refractivity contribution is 1.97. The smallest absolute Gasteiger partial charge is 0.0682 e. The molecule has 2 nitrogen and oxygen atoms in total. The largest absolute Gasteiger partial charge is 0.210 e. The molecule has 0 amide bonds. The zero-order valence-corrected chi connectivity index (χ0v) is 4.50. The molecule has 0 saturated heterocycles. The molecule has 0 unspecified atom stereocenters. The van der Waals surface area contributed by atoms with Crippen molar-refractivity contribution in [1.29, 1.82) is 0 Å². The van der Waals surface area contributed by atoms with E-state index in [1.807, 2.05) is 0 Å². The third kappa shape index (κ3) is 1.02. The monoisotopic (exact) mass is 118 g/mol. The summed E-state index contributed by atoms with van der Waals surface area (Å²) in [4.78, 5) is 0. The first kappa shape index (κ1) is 4.21. The van der Waals surface area contributed by atoms with Crippen molar-refractivity contribution in [1.82, 2.24) is 0 Å². The minimum Gasteiger partial charge on any atom is -0.210 e. The van der Waals surface area contributed by atoms with Crippen LogP contribution in [0, 0.1) is 0 Å². The van der Waals surface area contributed by atoms with Gasteiger partial charge in [0, 0.05) is 0 Å². The van der Waals surface area contributed by atoms with Crippen molar-refractivity contribution in [3.8, 4) is 0 Å². The molecule has 32 valence electrons. The zero-order chi connectivity index (χ0) is 4.24. The Balaban J connectivity index is 2.46. The van der Waals surface area contributed by atoms with E-state index in [0.717, 1.165) is 0 Å². The molecule has 0 radical (unpaired) electrons. The zero-order valence-electron chi connectivity index (χ0n) is 2.87. The predicted molar refractivity (Wildman–Crippen MR) is 32.2 cm³/mol. The van der Waals surface area contributed by atoms with Gasteiger partial charge in [0.15, 0.2) is 0 Å². The Kier molecular flexibility index (Phi) is 1.58. The third-order valence-corrected chi connectivity index (χ3v) is 1.51. The van der Waals surface area contributed by atoms with Crippen molar-refractivity contribution < 1.29 is 0 Å². The van der Waals surface area contributed by atoms with Crippen LogP contribution in [-0.2, 0) is 0 Å². The van der Waals surface area contributed by atoms with E-state index < -0.39 is 0 Å². The fraction of sp³-hybridized carbons (Fsp3) is 0. The van der Waals surface area contributed by atoms with Crippen LogP contribution in [0.4, 0.5) is 0 Å². The molecule has 0 spiro atoms. The van der Waals surface area contributed by atoms with E-state index in [9.17, 15) is 0 Å². The van der Waals surface area contributed by atoms with E-state index >= 15 is 0 Å². The second-order valence-corrected chi connectivity index (χ2v) is 2.27. The van der Waals surface area contributed by atoms with Crippen molar-refractivity contribution in [2.45, 2.75) is 0 Å². The lowest BCUT2D eigenvalue weighted by atomic mass is 10.9. The molecule has 1 aliphatic heterocycles. The number of hydrogen-bond donors (Lipinski definition) is 0. The van der Waals surface area contributed by atoms with E-state index in [0.29, 0.717) is 0 Å². The topological polar surface area (TPSA) is 24.7 Å². The van der Waals surface area contributed by atoms with E-state index in [1.165, 1.54) is 22.0 Å². The maximum Gasteiger partial charge on any atom is 0.0682 e. The van der Waals surface area contributed by atoms with Gasteiger partial charge >= 0.3 is 0 Å². The molecular formula is C2H2N2S2. The Hall–Kier alpha value is 0.0400. The highest BCUT2D eigenvalue weighted by atomic mass is 33.1. The van der Waals surface area contributed by atoms with Gasteiger partial charge in [0.05, 0.1) is 34.4 Å². The van der Waals surface area contributed by atoms with Crippen LogP contribution >= 0.6 is 22.0 Å². The quantitative estimate of drug-likeness (QED) is 0.354. The summed E-state index contributed by atoms with van der Waals surface area (Å²) in [5.74, 6) is 0. The summed E-state index contributed by atoms with van der Waals surface area (Å²) in [7, 11) is 2.77. The van der Waals surface area contributed by atoms with Crippen molar-refractivity contribution in [3.63, 3.8) is 0 Å². The molecule has 0 aromatic heterocycles. The molecule has 0 atom stereocenters. The Labute approximate surface area is 43.8 Å². The van der Waals surface area contributed by atoms with Crippen LogP contribution in [-0.4, -0.2) is 12.4 Å². The Bertz CT molecular complexity index is 75.5. The highest BCUT2D eigenvalue weighted by Crippen LogP contribution is 2.23. The van der Waals surface area contributed by atoms with E-state index in [1.54, 1.807) is 12.4 Å². The summed E-state index contributed by atoms with van der Waals surface area (Å²) < 4.78 is 7.56. The first-order valence-electron chi connectivity index (χ1n) is 1.38. The van der Waals surface area contributed by atoms with Gasteiger partial charge in [0.25, 0.3) is 0 Å². The maximum absolute atomic E-state index is 3.78. The molecule has 6 heavy (non-hydrogen) atoms. The van der Waals surface area contributed by atoms with Gasteiger partial charge in [0.1, 0.15) is 0 Å². The summed E-state index contributed by atoms with van der Waals surface area (Å²) in [5.41, 5.74) is 0. The fourth-order valence-electron chi connectivity index (χ4n) is 0.143. The molecule has 0 saturated carbocycles. The molecule has 0 aromatic carbocycles. The van der Waals surface area contributed by atoms with E-state index in [2.05, 4.69) is 8.80 Å². The normalized spacial score (nSPS) is 18.7. The predicted octanol–water partition coefficient (Wildman–Crippen LogP) is 1.35. The summed E-state index contributed by atoms with van der Waals surface area (Å²) in [6.45, 7) is 0. The van der Waals surface area contributed by atoms with Crippen LogP contribution in [0.5, 0.6) is 0 Å². The number of hydrogen-bond acceptors (Lipinski definition) is 4. The average molecular weight is 118 g/mol. The molecule has 1 heterocycles. The second-order valence-electron chi connectivity index (χ2n) is 0.658. The summed E-state index contributed by atoms with van der Waals surface area (Å²) >= 11 is 0. The van der Waals surface area contributed by atoms with Gasteiger partial charge < -0.3 is 0 Å². The minimum atomic E-state index is 1.38. The highest BCUT2D eigenvalue weighted by Gasteiger charge is 1.81. The third-order valence-electron chi connectivity index (χ3n) is 0.308. The molecular weight excluding hydrogens is 116 g/mol. The van der Waals surface area contributed by atoms with Crippen LogP contribution in [0.15, 0.2) is 8.80 Å². The number of rotatable bonds is 0. The van der Waals surface area contributed by atoms with Crippen LogP contribution in [0.3, 0.4) is 0 Å². The molecule has 0 aromatic rings. The molecule has 4 heteroatoms. The van der Waals surface area contributed by atoms with Gasteiger partial charge in [-0.15, -0.1) is 0 Å². The SMILES string of the molecule is C1=NSSN=C1. The van der Waals surface area contributed by atoms with E-state index in [4.69, 9.17) is 0 Å². The average Bonchev–Trinajstić information content (AvgIpc) is 1.72. The standard InChI is InChI=1S/C2H2N2S2/c1-2-4-6-5-3-1/h1-2H. The summed E-state index contributed by atoms with van der Waals surface area (Å²) in [6, 6.07) is 0. The van der Waals surface area contributed by atoms with Gasteiger partial charge in [-0.1, -0.05) is 0 Å². The maximum atomic E-state index is 3.78. The van der Waals surface area contributed by atoms with Crippen LogP contribution in [0.2, 0.25) is 0 Å². The minimum absolute atomic E-state index is 1.38. The van der Waals surface area contributed by atoms with Crippen molar-refractivity contribution in [2.24, 2.45) is 8.80 Å². The molecule has 0 bridgehead atoms. The first-order valence-corrected chi connectivity index (χ1v) is 3.45. The lowest BCUT2D eigenvalue weighted by Gasteiger charge is -1.85. The molecule has 0 aliphatic carbocycles. The summed E-state index contributed by atoms with van der Waals surface area (Å²) in [6.07, 6.45) is 3.34. The molecule has 0 N–H and O–H groups in total. The van der Waals surface area contributed by atoms with Gasteiger partial charge in [-0.25, -0.2) is 8.80 Å². The fourth-order valence-corrected chi connectivity index (χ4v) is 0.957. The van der Waals surface area contributed by atoms with E-state index in [-0.39, 0.29) is 0 Å². The number of nitrogens with zero attached hydrogens (tertiary/aromatic N) is 2. The first-order chi connectivity index (χ1) is 3.00. The van der Waals surface area contributed by atoms with Crippen LogP contribution < -0.4 is 0 Å². The Morgan fingerprint density at radius 1 is 1.00 bits per heavy atom. The Morgan fingerprint density at radius 2 is 1.50 bits per heavy atom. The van der Waals surface area contributed by atoms with Gasteiger partial charge in [0.2, 0.25) is 0 Å². The molecule has 1 aliphatic rings. The molecule has 1 rings (SSSR count). The highest BCUT2D eigenvalue weighted by molar-refractivity contribution is 8.75. The van der Waals surface area contributed by atoms with Crippen molar-refractivity contribution >= 4 is 34.4 Å². The lowest BCUT2D eigenvalue weighted by Crippen LogP contribution is -1.71. The second kappa shape index (κ2) is 2.25.